The van der Waals surface area contributed by atoms with Gasteiger partial charge in [-0.2, -0.15) is 0 Å². The van der Waals surface area contributed by atoms with E-state index in [2.05, 4.69) is 42.0 Å². The summed E-state index contributed by atoms with van der Waals surface area (Å²) in [5, 5.41) is 3.51. The maximum absolute atomic E-state index is 13.6. The lowest BCUT2D eigenvalue weighted by Crippen LogP contribution is -2.28. The summed E-state index contributed by atoms with van der Waals surface area (Å²) >= 11 is 3.36. The molecule has 0 saturated heterocycles. The average Bonchev–Trinajstić information content (AvgIpc) is 2.34. The Labute approximate surface area is 112 Å². The largest absolute Gasteiger partial charge is 0.310 e. The van der Waals surface area contributed by atoms with Crippen molar-refractivity contribution in [2.75, 3.05) is 6.54 Å². The summed E-state index contributed by atoms with van der Waals surface area (Å²) in [4.78, 5) is 0. The third-order valence-corrected chi connectivity index (χ3v) is 3.98. The first-order valence-corrected chi connectivity index (χ1v) is 7.08. The lowest BCUT2D eigenvalue weighted by atomic mass is 9.92. The maximum atomic E-state index is 13.6. The first-order valence-electron chi connectivity index (χ1n) is 6.29. The van der Waals surface area contributed by atoms with Crippen LogP contribution >= 0.6 is 15.9 Å². The highest BCUT2D eigenvalue weighted by molar-refractivity contribution is 9.10. The molecule has 0 saturated carbocycles. The van der Waals surface area contributed by atoms with Crippen molar-refractivity contribution in [2.45, 2.75) is 39.7 Å². The van der Waals surface area contributed by atoms with Gasteiger partial charge in [0.1, 0.15) is 5.82 Å². The Morgan fingerprint density at radius 1 is 1.35 bits per heavy atom. The highest BCUT2D eigenvalue weighted by atomic mass is 79.9. The van der Waals surface area contributed by atoms with Crippen LogP contribution in [0.4, 0.5) is 4.39 Å². The van der Waals surface area contributed by atoms with Gasteiger partial charge in [0.15, 0.2) is 0 Å². The molecule has 96 valence electrons. The molecule has 0 aliphatic rings. The Morgan fingerprint density at radius 2 is 2.06 bits per heavy atom. The minimum atomic E-state index is -0.186. The molecule has 0 aromatic heterocycles. The molecule has 0 amide bonds. The molecule has 2 atom stereocenters. The Morgan fingerprint density at radius 3 is 2.65 bits per heavy atom. The van der Waals surface area contributed by atoms with E-state index in [1.54, 1.807) is 6.07 Å². The Hall–Kier alpha value is -0.410. The topological polar surface area (TPSA) is 12.0 Å². The van der Waals surface area contributed by atoms with Crippen molar-refractivity contribution in [2.24, 2.45) is 5.92 Å². The highest BCUT2D eigenvalue weighted by Crippen LogP contribution is 2.31. The fourth-order valence-electron chi connectivity index (χ4n) is 1.91. The molecule has 1 rings (SSSR count). The van der Waals surface area contributed by atoms with E-state index in [-0.39, 0.29) is 11.9 Å². The lowest BCUT2D eigenvalue weighted by Gasteiger charge is -2.26. The van der Waals surface area contributed by atoms with E-state index >= 15 is 0 Å². The van der Waals surface area contributed by atoms with Crippen molar-refractivity contribution in [1.82, 2.24) is 5.32 Å². The summed E-state index contributed by atoms with van der Waals surface area (Å²) in [6.45, 7) is 7.46. The van der Waals surface area contributed by atoms with E-state index in [1.165, 1.54) is 6.07 Å². The zero-order valence-electron chi connectivity index (χ0n) is 10.8. The fraction of sp³-hybridized carbons (Fsp3) is 0.571. The smallest absolute Gasteiger partial charge is 0.137 e. The fourth-order valence-corrected chi connectivity index (χ4v) is 2.42. The second-order valence-corrected chi connectivity index (χ2v) is 5.25. The molecule has 0 radical (unpaired) electrons. The van der Waals surface area contributed by atoms with Crippen LogP contribution in [0.2, 0.25) is 0 Å². The summed E-state index contributed by atoms with van der Waals surface area (Å²) in [5.74, 6) is 0.300. The molecular formula is C14H21BrFN. The third kappa shape index (κ3) is 3.78. The zero-order chi connectivity index (χ0) is 12.8. The third-order valence-electron chi connectivity index (χ3n) is 3.14. The normalized spacial score (nSPS) is 14.6. The van der Waals surface area contributed by atoms with Crippen molar-refractivity contribution < 1.29 is 4.39 Å². The van der Waals surface area contributed by atoms with Crippen molar-refractivity contribution in [3.05, 3.63) is 34.1 Å². The molecule has 1 N–H and O–H groups in total. The molecule has 3 heteroatoms. The Bertz CT molecular complexity index is 354. The summed E-state index contributed by atoms with van der Waals surface area (Å²) in [5.41, 5.74) is 1.02. The van der Waals surface area contributed by atoms with Gasteiger partial charge < -0.3 is 5.32 Å². The van der Waals surface area contributed by atoms with Crippen LogP contribution in [0.3, 0.4) is 0 Å². The van der Waals surface area contributed by atoms with Crippen LogP contribution in [0.1, 0.15) is 45.2 Å². The minimum absolute atomic E-state index is 0.186. The van der Waals surface area contributed by atoms with Gasteiger partial charge in [-0.25, -0.2) is 4.39 Å². The molecule has 0 aliphatic heterocycles. The molecule has 1 aromatic carbocycles. The van der Waals surface area contributed by atoms with Crippen LogP contribution in [0.5, 0.6) is 0 Å². The minimum Gasteiger partial charge on any atom is -0.310 e. The van der Waals surface area contributed by atoms with Crippen molar-refractivity contribution in [3.63, 3.8) is 0 Å². The van der Waals surface area contributed by atoms with Gasteiger partial charge in [0.05, 0.1) is 4.47 Å². The predicted octanol–water partition coefficient (Wildman–Crippen LogP) is 4.68. The molecule has 0 aliphatic carbocycles. The summed E-state index contributed by atoms with van der Waals surface area (Å²) < 4.78 is 14.1. The van der Waals surface area contributed by atoms with E-state index in [1.807, 2.05) is 6.07 Å². The first-order chi connectivity index (χ1) is 8.11. The number of hydrogen-bond acceptors (Lipinski definition) is 1. The quantitative estimate of drug-likeness (QED) is 0.805. The van der Waals surface area contributed by atoms with Gasteiger partial charge in [0.2, 0.25) is 0 Å². The zero-order valence-corrected chi connectivity index (χ0v) is 12.3. The van der Waals surface area contributed by atoms with Gasteiger partial charge in [-0.05, 0) is 46.4 Å². The van der Waals surface area contributed by atoms with E-state index in [0.717, 1.165) is 24.9 Å². The first kappa shape index (κ1) is 14.7. The SMILES string of the molecule is CCCNC(c1cccc(F)c1Br)C(C)CC. The average molecular weight is 302 g/mol. The van der Waals surface area contributed by atoms with Crippen LogP contribution in [0, 0.1) is 11.7 Å². The monoisotopic (exact) mass is 301 g/mol. The molecular weight excluding hydrogens is 281 g/mol. The van der Waals surface area contributed by atoms with Crippen LogP contribution in [0.15, 0.2) is 22.7 Å². The predicted molar refractivity (Wildman–Crippen MR) is 74.6 cm³/mol. The lowest BCUT2D eigenvalue weighted by molar-refractivity contribution is 0.374. The van der Waals surface area contributed by atoms with Crippen molar-refractivity contribution >= 4 is 15.9 Å². The molecule has 0 fully saturated rings. The Kier molecular flexibility index (Phi) is 6.14. The Balaban J connectivity index is 2.99. The van der Waals surface area contributed by atoms with Gasteiger partial charge in [-0.15, -0.1) is 0 Å². The van der Waals surface area contributed by atoms with Crippen molar-refractivity contribution in [1.29, 1.82) is 0 Å². The van der Waals surface area contributed by atoms with E-state index in [0.29, 0.717) is 10.4 Å². The second-order valence-electron chi connectivity index (χ2n) is 4.46. The maximum Gasteiger partial charge on any atom is 0.137 e. The molecule has 17 heavy (non-hydrogen) atoms. The molecule has 1 nitrogen and oxygen atoms in total. The van der Waals surface area contributed by atoms with Gasteiger partial charge in [-0.3, -0.25) is 0 Å². The summed E-state index contributed by atoms with van der Waals surface area (Å²) in [6, 6.07) is 5.47. The number of benzene rings is 1. The van der Waals surface area contributed by atoms with Gasteiger partial charge >= 0.3 is 0 Å². The molecule has 0 heterocycles. The van der Waals surface area contributed by atoms with E-state index in [4.69, 9.17) is 0 Å². The van der Waals surface area contributed by atoms with Gasteiger partial charge in [-0.1, -0.05) is 39.3 Å². The van der Waals surface area contributed by atoms with Crippen LogP contribution in [-0.2, 0) is 0 Å². The van der Waals surface area contributed by atoms with E-state index < -0.39 is 0 Å². The molecule has 0 spiro atoms. The van der Waals surface area contributed by atoms with Crippen molar-refractivity contribution in [3.8, 4) is 0 Å². The van der Waals surface area contributed by atoms with Crippen LogP contribution in [0.25, 0.3) is 0 Å². The summed E-state index contributed by atoms with van der Waals surface area (Å²) in [6.07, 6.45) is 2.16. The number of rotatable bonds is 6. The van der Waals surface area contributed by atoms with Gasteiger partial charge in [0, 0.05) is 6.04 Å². The molecule has 2 unspecified atom stereocenters. The number of hydrogen-bond donors (Lipinski definition) is 1. The van der Waals surface area contributed by atoms with E-state index in [9.17, 15) is 4.39 Å². The highest BCUT2D eigenvalue weighted by Gasteiger charge is 2.20. The second kappa shape index (κ2) is 7.12. The standard InChI is InChI=1S/C14H21BrFN/c1-4-9-17-14(10(3)5-2)11-7-6-8-12(16)13(11)15/h6-8,10,14,17H,4-5,9H2,1-3H3. The summed E-state index contributed by atoms with van der Waals surface area (Å²) in [7, 11) is 0. The number of nitrogens with one attached hydrogen (secondary N) is 1. The molecule has 1 aromatic rings. The molecule has 0 bridgehead atoms. The van der Waals surface area contributed by atoms with Crippen LogP contribution < -0.4 is 5.32 Å². The number of halogens is 2. The van der Waals surface area contributed by atoms with Gasteiger partial charge in [0.25, 0.3) is 0 Å². The van der Waals surface area contributed by atoms with Crippen LogP contribution in [-0.4, -0.2) is 6.54 Å².